The van der Waals surface area contributed by atoms with Crippen LogP contribution < -0.4 is 0 Å². The zero-order valence-corrected chi connectivity index (χ0v) is 10.3. The van der Waals surface area contributed by atoms with Crippen LogP contribution in [-0.2, 0) is 19.1 Å². The van der Waals surface area contributed by atoms with E-state index < -0.39 is 29.7 Å². The SMILES string of the molecule is C=C1C(=O)C(C2CC2)C(=O)CC1(O)C(=O)OCC. The third-order valence-corrected chi connectivity index (χ3v) is 3.56. The van der Waals surface area contributed by atoms with Gasteiger partial charge in [0.2, 0.25) is 0 Å². The maximum Gasteiger partial charge on any atom is 0.343 e. The molecule has 0 radical (unpaired) electrons. The lowest BCUT2D eigenvalue weighted by molar-refractivity contribution is -0.167. The highest BCUT2D eigenvalue weighted by Gasteiger charge is 2.55. The molecule has 2 aliphatic rings. The molecule has 0 aromatic heterocycles. The minimum absolute atomic E-state index is 0.0634. The first-order valence-electron chi connectivity index (χ1n) is 6.07. The van der Waals surface area contributed by atoms with Crippen LogP contribution in [0, 0.1) is 11.8 Å². The van der Waals surface area contributed by atoms with Gasteiger partial charge in [0.15, 0.2) is 11.4 Å². The Labute approximate surface area is 105 Å². The molecule has 2 atom stereocenters. The number of rotatable bonds is 3. The second-order valence-electron chi connectivity index (χ2n) is 4.88. The van der Waals surface area contributed by atoms with Gasteiger partial charge >= 0.3 is 5.97 Å². The zero-order chi connectivity index (χ0) is 13.5. The Morgan fingerprint density at radius 1 is 1.50 bits per heavy atom. The summed E-state index contributed by atoms with van der Waals surface area (Å²) in [5.74, 6) is -2.51. The molecule has 0 aromatic carbocycles. The smallest absolute Gasteiger partial charge is 0.343 e. The van der Waals surface area contributed by atoms with Crippen molar-refractivity contribution in [1.82, 2.24) is 0 Å². The van der Waals surface area contributed by atoms with Crippen molar-refractivity contribution in [3.05, 3.63) is 12.2 Å². The summed E-state index contributed by atoms with van der Waals surface area (Å²) < 4.78 is 4.71. The number of ketones is 2. The number of esters is 1. The van der Waals surface area contributed by atoms with Crippen LogP contribution in [0.1, 0.15) is 26.2 Å². The molecule has 2 fully saturated rings. The van der Waals surface area contributed by atoms with Crippen LogP contribution in [0.25, 0.3) is 0 Å². The molecule has 2 aliphatic carbocycles. The van der Waals surface area contributed by atoms with Gasteiger partial charge in [0.1, 0.15) is 5.78 Å². The fourth-order valence-electron chi connectivity index (χ4n) is 2.36. The van der Waals surface area contributed by atoms with E-state index in [1.165, 1.54) is 0 Å². The van der Waals surface area contributed by atoms with Gasteiger partial charge < -0.3 is 9.84 Å². The van der Waals surface area contributed by atoms with Gasteiger partial charge in [0.25, 0.3) is 0 Å². The molecule has 0 bridgehead atoms. The standard InChI is InChI=1S/C13H16O5/c1-3-18-12(16)13(17)6-9(14)10(8-4-5-8)11(15)7(13)2/h8,10,17H,2-6H2,1H3. The fourth-order valence-corrected chi connectivity index (χ4v) is 2.36. The van der Waals surface area contributed by atoms with Crippen molar-refractivity contribution in [2.75, 3.05) is 6.61 Å². The van der Waals surface area contributed by atoms with E-state index in [1.54, 1.807) is 6.92 Å². The molecule has 0 aromatic rings. The molecular formula is C13H16O5. The average molecular weight is 252 g/mol. The van der Waals surface area contributed by atoms with Gasteiger partial charge in [-0.2, -0.15) is 0 Å². The summed E-state index contributed by atoms with van der Waals surface area (Å²) in [5, 5.41) is 10.2. The molecule has 0 spiro atoms. The highest BCUT2D eigenvalue weighted by Crippen LogP contribution is 2.44. The summed E-state index contributed by atoms with van der Waals surface area (Å²) in [6.07, 6.45) is 1.28. The average Bonchev–Trinajstić information content (AvgIpc) is 3.11. The van der Waals surface area contributed by atoms with Crippen molar-refractivity contribution in [1.29, 1.82) is 0 Å². The van der Waals surface area contributed by atoms with Crippen molar-refractivity contribution in [3.8, 4) is 0 Å². The molecule has 2 saturated carbocycles. The number of Topliss-reactive ketones (excluding diaryl/α,β-unsaturated/α-hetero) is 2. The Kier molecular flexibility index (Phi) is 3.11. The number of carbonyl (C=O) groups is 3. The second-order valence-corrected chi connectivity index (χ2v) is 4.88. The second kappa shape index (κ2) is 4.31. The van der Waals surface area contributed by atoms with Crippen LogP contribution in [0.2, 0.25) is 0 Å². The minimum atomic E-state index is -2.17. The monoisotopic (exact) mass is 252 g/mol. The summed E-state index contributed by atoms with van der Waals surface area (Å²) in [4.78, 5) is 35.7. The molecule has 5 heteroatoms. The quantitative estimate of drug-likeness (QED) is 0.447. The summed E-state index contributed by atoms with van der Waals surface area (Å²) in [7, 11) is 0. The molecule has 2 unspecified atom stereocenters. The molecule has 5 nitrogen and oxygen atoms in total. The fraction of sp³-hybridized carbons (Fsp3) is 0.615. The first-order valence-corrected chi connectivity index (χ1v) is 6.07. The van der Waals surface area contributed by atoms with Crippen LogP contribution in [0.5, 0.6) is 0 Å². The lowest BCUT2D eigenvalue weighted by Crippen LogP contribution is -2.53. The Morgan fingerprint density at radius 2 is 2.11 bits per heavy atom. The van der Waals surface area contributed by atoms with Crippen LogP contribution in [0.3, 0.4) is 0 Å². The van der Waals surface area contributed by atoms with Gasteiger partial charge in [-0.05, 0) is 25.7 Å². The van der Waals surface area contributed by atoms with Gasteiger partial charge in [-0.3, -0.25) is 9.59 Å². The highest BCUT2D eigenvalue weighted by atomic mass is 16.5. The van der Waals surface area contributed by atoms with E-state index in [0.29, 0.717) is 0 Å². The van der Waals surface area contributed by atoms with Gasteiger partial charge in [-0.15, -0.1) is 0 Å². The molecule has 2 rings (SSSR count). The highest BCUT2D eigenvalue weighted by molar-refractivity contribution is 6.19. The van der Waals surface area contributed by atoms with Crippen molar-refractivity contribution >= 4 is 17.5 Å². The molecule has 1 N–H and O–H groups in total. The first kappa shape index (κ1) is 13.0. The van der Waals surface area contributed by atoms with Crippen LogP contribution in [-0.4, -0.2) is 34.9 Å². The van der Waals surface area contributed by atoms with Gasteiger partial charge in [0, 0.05) is 5.57 Å². The molecule has 0 amide bonds. The first-order chi connectivity index (χ1) is 8.41. The third kappa shape index (κ3) is 1.88. The number of aliphatic hydroxyl groups is 1. The third-order valence-electron chi connectivity index (χ3n) is 3.56. The molecule has 18 heavy (non-hydrogen) atoms. The van der Waals surface area contributed by atoms with E-state index >= 15 is 0 Å². The van der Waals surface area contributed by atoms with E-state index in [9.17, 15) is 19.5 Å². The summed E-state index contributed by atoms with van der Waals surface area (Å²) >= 11 is 0. The van der Waals surface area contributed by atoms with E-state index in [0.717, 1.165) is 12.8 Å². The normalized spacial score (nSPS) is 32.6. The van der Waals surface area contributed by atoms with Gasteiger partial charge in [0.05, 0.1) is 18.9 Å². The molecule has 0 aliphatic heterocycles. The van der Waals surface area contributed by atoms with Crippen LogP contribution >= 0.6 is 0 Å². The van der Waals surface area contributed by atoms with Crippen molar-refractivity contribution in [2.24, 2.45) is 11.8 Å². The van der Waals surface area contributed by atoms with E-state index in [-0.39, 0.29) is 23.9 Å². The van der Waals surface area contributed by atoms with E-state index in [2.05, 4.69) is 6.58 Å². The lowest BCUT2D eigenvalue weighted by atomic mass is 9.72. The summed E-state index contributed by atoms with van der Waals surface area (Å²) in [6.45, 7) is 5.15. The van der Waals surface area contributed by atoms with E-state index in [4.69, 9.17) is 4.74 Å². The van der Waals surface area contributed by atoms with Crippen molar-refractivity contribution in [3.63, 3.8) is 0 Å². The lowest BCUT2D eigenvalue weighted by Gasteiger charge is -2.33. The van der Waals surface area contributed by atoms with Crippen LogP contribution in [0.4, 0.5) is 0 Å². The summed E-state index contributed by atoms with van der Waals surface area (Å²) in [5.41, 5.74) is -2.38. The van der Waals surface area contributed by atoms with E-state index in [1.807, 2.05) is 0 Å². The van der Waals surface area contributed by atoms with Gasteiger partial charge in [-0.25, -0.2) is 4.79 Å². The predicted molar refractivity (Wildman–Crippen MR) is 61.6 cm³/mol. The maximum absolute atomic E-state index is 12.1. The van der Waals surface area contributed by atoms with Gasteiger partial charge in [-0.1, -0.05) is 6.58 Å². The molecule has 98 valence electrons. The predicted octanol–water partition coefficient (Wildman–Crippen LogP) is 0.405. The Bertz CT molecular complexity index is 435. The largest absolute Gasteiger partial charge is 0.464 e. The Balaban J connectivity index is 2.26. The van der Waals surface area contributed by atoms with Crippen LogP contribution in [0.15, 0.2) is 12.2 Å². The maximum atomic E-state index is 12.1. The molecule has 0 saturated heterocycles. The Morgan fingerprint density at radius 3 is 2.61 bits per heavy atom. The number of ether oxygens (including phenoxy) is 1. The zero-order valence-electron chi connectivity index (χ0n) is 10.3. The van der Waals surface area contributed by atoms with Crippen molar-refractivity contribution < 1.29 is 24.2 Å². The number of carbonyl (C=O) groups excluding carboxylic acids is 3. The minimum Gasteiger partial charge on any atom is -0.464 e. The number of hydrogen-bond acceptors (Lipinski definition) is 5. The Hall–Kier alpha value is -1.49. The molecule has 0 heterocycles. The topological polar surface area (TPSA) is 80.7 Å². The summed E-state index contributed by atoms with van der Waals surface area (Å²) in [6, 6.07) is 0. The van der Waals surface area contributed by atoms with Crippen molar-refractivity contribution in [2.45, 2.75) is 31.8 Å². The number of hydrogen-bond donors (Lipinski definition) is 1. The molecular weight excluding hydrogens is 236 g/mol.